The summed E-state index contributed by atoms with van der Waals surface area (Å²) in [5.41, 5.74) is 2.16. The molecule has 1 N–H and O–H groups in total. The van der Waals surface area contributed by atoms with Crippen molar-refractivity contribution in [3.05, 3.63) is 62.5 Å². The van der Waals surface area contributed by atoms with Crippen LogP contribution in [-0.2, 0) is 0 Å². The van der Waals surface area contributed by atoms with Crippen LogP contribution in [0.3, 0.4) is 0 Å². The van der Waals surface area contributed by atoms with Crippen LogP contribution in [0.25, 0.3) is 33.1 Å². The van der Waals surface area contributed by atoms with Crippen molar-refractivity contribution in [3.8, 4) is 11.1 Å². The van der Waals surface area contributed by atoms with Gasteiger partial charge in [-0.05, 0) is 61.6 Å². The van der Waals surface area contributed by atoms with Crippen molar-refractivity contribution in [1.82, 2.24) is 0 Å². The maximum atomic E-state index is 12.8. The number of halogens is 1. The summed E-state index contributed by atoms with van der Waals surface area (Å²) in [5, 5.41) is 4.67. The molecule has 2 heterocycles. The molecule has 0 bridgehead atoms. The molecule has 0 spiro atoms. The molecule has 0 saturated heterocycles. The minimum absolute atomic E-state index is 0.223. The molecule has 0 atom stereocenters. The summed E-state index contributed by atoms with van der Waals surface area (Å²) in [6.07, 6.45) is 0. The van der Waals surface area contributed by atoms with E-state index in [-0.39, 0.29) is 11.2 Å². The van der Waals surface area contributed by atoms with Gasteiger partial charge in [-0.15, -0.1) is 0 Å². The lowest BCUT2D eigenvalue weighted by atomic mass is 10.0. The van der Waals surface area contributed by atoms with Crippen molar-refractivity contribution in [2.75, 3.05) is 5.32 Å². The third kappa shape index (κ3) is 2.90. The molecule has 5 heteroatoms. The second kappa shape index (κ2) is 6.16. The molecule has 0 amide bonds. The molecule has 26 heavy (non-hydrogen) atoms. The molecule has 0 aliphatic heterocycles. The first-order valence-electron chi connectivity index (χ1n) is 8.36. The summed E-state index contributed by atoms with van der Waals surface area (Å²) in [6.45, 7) is 6.17. The Labute approximate surface area is 164 Å². The minimum Gasteiger partial charge on any atom is -0.439 e. The number of anilines is 1. The van der Waals surface area contributed by atoms with E-state index in [0.717, 1.165) is 20.1 Å². The number of furan rings is 1. The first kappa shape index (κ1) is 17.1. The van der Waals surface area contributed by atoms with Gasteiger partial charge < -0.3 is 14.2 Å². The molecule has 0 aliphatic carbocycles. The molecule has 2 aromatic carbocycles. The van der Waals surface area contributed by atoms with E-state index in [1.807, 2.05) is 42.5 Å². The fourth-order valence-electron chi connectivity index (χ4n) is 3.06. The summed E-state index contributed by atoms with van der Waals surface area (Å²) in [6, 6.07) is 15.4. The monoisotopic (exact) mass is 459 g/mol. The third-order valence-corrected chi connectivity index (χ3v) is 5.02. The highest BCUT2D eigenvalue weighted by Crippen LogP contribution is 2.42. The fourth-order valence-corrected chi connectivity index (χ4v) is 3.72. The molecule has 0 fully saturated rings. The highest BCUT2D eigenvalue weighted by Gasteiger charge is 2.25. The van der Waals surface area contributed by atoms with E-state index >= 15 is 0 Å². The van der Waals surface area contributed by atoms with Crippen LogP contribution in [0.5, 0.6) is 0 Å². The quantitative estimate of drug-likeness (QED) is 0.294. The number of para-hydroxylation sites is 1. The van der Waals surface area contributed by atoms with Gasteiger partial charge in [-0.1, -0.05) is 30.3 Å². The summed E-state index contributed by atoms with van der Waals surface area (Å²) < 4.78 is 12.8. The Morgan fingerprint density at radius 3 is 2.38 bits per heavy atom. The average Bonchev–Trinajstić information content (AvgIpc) is 2.93. The van der Waals surface area contributed by atoms with Crippen molar-refractivity contribution in [3.63, 3.8) is 0 Å². The normalized spacial score (nSPS) is 12.0. The van der Waals surface area contributed by atoms with Crippen molar-refractivity contribution in [2.45, 2.75) is 26.3 Å². The van der Waals surface area contributed by atoms with Crippen molar-refractivity contribution >= 4 is 50.4 Å². The molecule has 4 rings (SSSR count). The van der Waals surface area contributed by atoms with Gasteiger partial charge in [0.15, 0.2) is 5.58 Å². The maximum absolute atomic E-state index is 12.8. The second-order valence-corrected chi connectivity index (χ2v) is 8.41. The van der Waals surface area contributed by atoms with Gasteiger partial charge in [0.1, 0.15) is 11.0 Å². The van der Waals surface area contributed by atoms with Gasteiger partial charge in [0.2, 0.25) is 5.88 Å². The van der Waals surface area contributed by atoms with Crippen LogP contribution < -0.4 is 10.9 Å². The Morgan fingerprint density at radius 2 is 1.65 bits per heavy atom. The molecule has 132 valence electrons. The van der Waals surface area contributed by atoms with Gasteiger partial charge in [-0.25, -0.2) is 4.79 Å². The van der Waals surface area contributed by atoms with Crippen molar-refractivity contribution in [1.29, 1.82) is 0 Å². The fraction of sp³-hybridized carbons (Fsp3) is 0.190. The summed E-state index contributed by atoms with van der Waals surface area (Å²) >= 11 is 2.28. The molecule has 0 unspecified atom stereocenters. The molecule has 0 radical (unpaired) electrons. The number of hydrogen-bond acceptors (Lipinski definition) is 4. The summed E-state index contributed by atoms with van der Waals surface area (Å²) in [5.74, 6) is 0.584. The van der Waals surface area contributed by atoms with Gasteiger partial charge >= 0.3 is 5.63 Å². The lowest BCUT2D eigenvalue weighted by molar-refractivity contribution is 0.557. The highest BCUT2D eigenvalue weighted by molar-refractivity contribution is 14.1. The van der Waals surface area contributed by atoms with Gasteiger partial charge in [-0.3, -0.25) is 0 Å². The van der Waals surface area contributed by atoms with Crippen LogP contribution in [0.1, 0.15) is 20.8 Å². The van der Waals surface area contributed by atoms with Crippen LogP contribution in [0, 0.1) is 3.57 Å². The van der Waals surface area contributed by atoms with Crippen LogP contribution in [0.4, 0.5) is 5.88 Å². The summed E-state index contributed by atoms with van der Waals surface area (Å²) in [7, 11) is 0. The number of hydrogen-bond donors (Lipinski definition) is 1. The molecule has 2 aromatic heterocycles. The first-order valence-corrected chi connectivity index (χ1v) is 9.44. The summed E-state index contributed by atoms with van der Waals surface area (Å²) in [4.78, 5) is 12.8. The van der Waals surface area contributed by atoms with Crippen LogP contribution in [0.15, 0.2) is 62.2 Å². The van der Waals surface area contributed by atoms with Gasteiger partial charge in [0, 0.05) is 14.7 Å². The number of rotatable bonds is 2. The SMILES string of the molecule is CC(C)(C)Nc1oc2c(c1-c1ccccc1I)c(=O)oc1ccccc12. The van der Waals surface area contributed by atoms with E-state index in [1.165, 1.54) is 0 Å². The van der Waals surface area contributed by atoms with Crippen LogP contribution in [-0.4, -0.2) is 5.54 Å². The Balaban J connectivity index is 2.17. The zero-order chi connectivity index (χ0) is 18.5. The zero-order valence-electron chi connectivity index (χ0n) is 14.7. The average molecular weight is 459 g/mol. The molecular formula is C21H18INO3. The van der Waals surface area contributed by atoms with Gasteiger partial charge in [-0.2, -0.15) is 0 Å². The molecule has 0 aliphatic rings. The lowest BCUT2D eigenvalue weighted by Crippen LogP contribution is -2.26. The molecular weight excluding hydrogens is 441 g/mol. The lowest BCUT2D eigenvalue weighted by Gasteiger charge is -2.21. The van der Waals surface area contributed by atoms with E-state index in [2.05, 4.69) is 48.7 Å². The Morgan fingerprint density at radius 1 is 0.962 bits per heavy atom. The zero-order valence-corrected chi connectivity index (χ0v) is 16.9. The first-order chi connectivity index (χ1) is 12.3. The smallest absolute Gasteiger partial charge is 0.348 e. The third-order valence-electron chi connectivity index (χ3n) is 4.08. The van der Waals surface area contributed by atoms with E-state index in [9.17, 15) is 4.79 Å². The predicted octanol–water partition coefficient (Wildman–Crippen LogP) is 6.02. The topological polar surface area (TPSA) is 55.4 Å². The van der Waals surface area contributed by atoms with E-state index in [4.69, 9.17) is 8.83 Å². The van der Waals surface area contributed by atoms with E-state index < -0.39 is 0 Å². The van der Waals surface area contributed by atoms with Crippen molar-refractivity contribution < 1.29 is 8.83 Å². The minimum atomic E-state index is -0.390. The Hall–Kier alpha value is -2.28. The molecule has 4 nitrogen and oxygen atoms in total. The van der Waals surface area contributed by atoms with E-state index in [0.29, 0.717) is 22.4 Å². The van der Waals surface area contributed by atoms with Crippen LogP contribution >= 0.6 is 22.6 Å². The largest absolute Gasteiger partial charge is 0.439 e. The maximum Gasteiger partial charge on any atom is 0.348 e. The van der Waals surface area contributed by atoms with Gasteiger partial charge in [0.05, 0.1) is 10.9 Å². The molecule has 0 saturated carbocycles. The van der Waals surface area contributed by atoms with Gasteiger partial charge in [0.25, 0.3) is 0 Å². The Kier molecular flexibility index (Phi) is 4.06. The highest BCUT2D eigenvalue weighted by atomic mass is 127. The van der Waals surface area contributed by atoms with E-state index in [1.54, 1.807) is 6.07 Å². The number of fused-ring (bicyclic) bond motifs is 3. The predicted molar refractivity (Wildman–Crippen MR) is 114 cm³/mol. The molecule has 4 aromatic rings. The standard InChI is InChI=1S/C21H18INO3/c1-21(2,3)23-19-16(12-8-4-6-10-14(12)22)17-18(26-19)13-9-5-7-11-15(13)25-20(17)24/h4-11,23H,1-3H3. The Bertz CT molecular complexity index is 1180. The van der Waals surface area contributed by atoms with Crippen LogP contribution in [0.2, 0.25) is 0 Å². The van der Waals surface area contributed by atoms with Crippen molar-refractivity contribution in [2.24, 2.45) is 0 Å². The number of benzene rings is 2. The second-order valence-electron chi connectivity index (χ2n) is 7.25. The number of nitrogens with one attached hydrogen (secondary N) is 1.